The van der Waals surface area contributed by atoms with Gasteiger partial charge in [0.05, 0.1) is 0 Å². The minimum Gasteiger partial charge on any atom is -0.342 e. The van der Waals surface area contributed by atoms with Crippen LogP contribution in [0.2, 0.25) is 0 Å². The van der Waals surface area contributed by atoms with Gasteiger partial charge in [-0.25, -0.2) is 0 Å². The fourth-order valence-electron chi connectivity index (χ4n) is 1.67. The quantitative estimate of drug-likeness (QED) is 0.604. The van der Waals surface area contributed by atoms with Crippen LogP contribution in [-0.4, -0.2) is 48.4 Å². The van der Waals surface area contributed by atoms with Gasteiger partial charge in [0.15, 0.2) is 0 Å². The molecule has 0 unspecified atom stereocenters. The Hall–Kier alpha value is -0.570. The Labute approximate surface area is 74.3 Å². The van der Waals surface area contributed by atoms with E-state index in [0.717, 1.165) is 26.1 Å². The van der Waals surface area contributed by atoms with Gasteiger partial charge in [0.1, 0.15) is 0 Å². The summed E-state index contributed by atoms with van der Waals surface area (Å²) in [5.74, 6) is 0.179. The van der Waals surface area contributed by atoms with E-state index in [2.05, 4.69) is 11.8 Å². The molecule has 70 valence electrons. The molecule has 0 aromatic carbocycles. The predicted molar refractivity (Wildman–Crippen MR) is 49.0 cm³/mol. The molecule has 0 saturated carbocycles. The molecule has 3 nitrogen and oxygen atoms in total. The number of hydrogen-bond acceptors (Lipinski definition) is 2. The molecule has 0 aromatic rings. The molecule has 1 rings (SSSR count). The van der Waals surface area contributed by atoms with E-state index >= 15 is 0 Å². The molecule has 12 heavy (non-hydrogen) atoms. The lowest BCUT2D eigenvalue weighted by Gasteiger charge is -2.23. The molecular formula is C9H18N2O. The molecule has 0 aliphatic carbocycles. The van der Waals surface area contributed by atoms with E-state index in [9.17, 15) is 4.79 Å². The van der Waals surface area contributed by atoms with Crippen molar-refractivity contribution < 1.29 is 4.79 Å². The van der Waals surface area contributed by atoms with Gasteiger partial charge >= 0.3 is 0 Å². The van der Waals surface area contributed by atoms with Crippen LogP contribution in [-0.2, 0) is 4.79 Å². The summed E-state index contributed by atoms with van der Waals surface area (Å²) in [7, 11) is 1.90. The summed E-state index contributed by atoms with van der Waals surface area (Å²) in [4.78, 5) is 15.3. The second-order valence-electron chi connectivity index (χ2n) is 3.47. The number of nitrogens with zero attached hydrogens (tertiary/aromatic N) is 2. The highest BCUT2D eigenvalue weighted by atomic mass is 16.2. The van der Waals surface area contributed by atoms with E-state index in [1.807, 2.05) is 11.9 Å². The van der Waals surface area contributed by atoms with E-state index in [0.29, 0.717) is 6.04 Å². The van der Waals surface area contributed by atoms with Gasteiger partial charge < -0.3 is 9.80 Å². The van der Waals surface area contributed by atoms with Crippen molar-refractivity contribution in [3.63, 3.8) is 0 Å². The first-order valence-electron chi connectivity index (χ1n) is 4.61. The van der Waals surface area contributed by atoms with Crippen LogP contribution in [0, 0.1) is 0 Å². The van der Waals surface area contributed by atoms with Crippen LogP contribution in [0.5, 0.6) is 0 Å². The average Bonchev–Trinajstić information content (AvgIpc) is 2.50. The number of carbonyl (C=O) groups excluding carboxylic acids is 1. The highest BCUT2D eigenvalue weighted by Gasteiger charge is 2.25. The third-order valence-electron chi connectivity index (χ3n) is 2.74. The van der Waals surface area contributed by atoms with Crippen LogP contribution in [0.25, 0.3) is 0 Å². The first kappa shape index (κ1) is 9.52. The summed E-state index contributed by atoms with van der Waals surface area (Å²) in [6.07, 6.45) is 1.13. The predicted octanol–water partition coefficient (Wildman–Crippen LogP) is 0.559. The van der Waals surface area contributed by atoms with Gasteiger partial charge in [0, 0.05) is 33.1 Å². The number of hydrogen-bond donors (Lipinski definition) is 0. The lowest BCUT2D eigenvalue weighted by molar-refractivity contribution is -0.129. The van der Waals surface area contributed by atoms with Crippen LogP contribution in [0.15, 0.2) is 0 Å². The molecule has 1 aliphatic heterocycles. The third kappa shape index (κ3) is 1.97. The van der Waals surface area contributed by atoms with Gasteiger partial charge in [0.2, 0.25) is 5.91 Å². The summed E-state index contributed by atoms with van der Waals surface area (Å²) in [6.45, 7) is 7.08. The third-order valence-corrected chi connectivity index (χ3v) is 2.74. The number of amides is 1. The van der Waals surface area contributed by atoms with Crippen molar-refractivity contribution in [3.05, 3.63) is 0 Å². The Morgan fingerprint density at radius 3 is 2.75 bits per heavy atom. The van der Waals surface area contributed by atoms with E-state index in [4.69, 9.17) is 0 Å². The molecule has 0 aromatic heterocycles. The van der Waals surface area contributed by atoms with Crippen molar-refractivity contribution in [1.29, 1.82) is 0 Å². The number of carbonyl (C=O) groups is 1. The molecule has 1 heterocycles. The van der Waals surface area contributed by atoms with Crippen molar-refractivity contribution >= 4 is 5.91 Å². The van der Waals surface area contributed by atoms with E-state index in [1.165, 1.54) is 0 Å². The van der Waals surface area contributed by atoms with Crippen LogP contribution >= 0.6 is 0 Å². The van der Waals surface area contributed by atoms with Gasteiger partial charge in [-0.3, -0.25) is 4.79 Å². The molecular weight excluding hydrogens is 152 g/mol. The van der Waals surface area contributed by atoms with Crippen molar-refractivity contribution in [3.8, 4) is 0 Å². The summed E-state index contributed by atoms with van der Waals surface area (Å²) in [5.41, 5.74) is 0. The van der Waals surface area contributed by atoms with Crippen molar-refractivity contribution in [2.75, 3.05) is 26.7 Å². The lowest BCUT2D eigenvalue weighted by Crippen LogP contribution is -2.37. The van der Waals surface area contributed by atoms with Crippen molar-refractivity contribution in [2.45, 2.75) is 26.3 Å². The summed E-state index contributed by atoms with van der Waals surface area (Å²) in [5, 5.41) is 0. The molecule has 3 heteroatoms. The Morgan fingerprint density at radius 2 is 2.33 bits per heavy atom. The SMILES string of the molecule is CCN1CC[C@@H](N(C)C(C)=O)C1. The fourth-order valence-corrected chi connectivity index (χ4v) is 1.67. The molecule has 1 fully saturated rings. The highest BCUT2D eigenvalue weighted by molar-refractivity contribution is 5.73. The summed E-state index contributed by atoms with van der Waals surface area (Å²) >= 11 is 0. The van der Waals surface area contributed by atoms with E-state index in [1.54, 1.807) is 6.92 Å². The Bertz CT molecular complexity index is 170. The Morgan fingerprint density at radius 1 is 1.67 bits per heavy atom. The fraction of sp³-hybridized carbons (Fsp3) is 0.889. The van der Waals surface area contributed by atoms with Gasteiger partial charge in [-0.1, -0.05) is 6.92 Å². The lowest BCUT2D eigenvalue weighted by atomic mass is 10.2. The van der Waals surface area contributed by atoms with Crippen LogP contribution in [0.1, 0.15) is 20.3 Å². The van der Waals surface area contributed by atoms with Gasteiger partial charge in [0.25, 0.3) is 0 Å². The molecule has 1 saturated heterocycles. The molecule has 1 aliphatic rings. The maximum absolute atomic E-state index is 11.0. The topological polar surface area (TPSA) is 23.6 Å². The van der Waals surface area contributed by atoms with Gasteiger partial charge in [-0.15, -0.1) is 0 Å². The standard InChI is InChI=1S/C9H18N2O/c1-4-11-6-5-9(7-11)10(3)8(2)12/h9H,4-7H2,1-3H3/t9-/m1/s1. The number of likely N-dealkylation sites (N-methyl/N-ethyl adjacent to an activating group) is 2. The molecule has 1 atom stereocenters. The van der Waals surface area contributed by atoms with Crippen LogP contribution in [0.3, 0.4) is 0 Å². The molecule has 0 bridgehead atoms. The highest BCUT2D eigenvalue weighted by Crippen LogP contribution is 2.13. The first-order valence-corrected chi connectivity index (χ1v) is 4.61. The maximum Gasteiger partial charge on any atom is 0.219 e. The van der Waals surface area contributed by atoms with Crippen LogP contribution in [0.4, 0.5) is 0 Å². The van der Waals surface area contributed by atoms with Crippen molar-refractivity contribution in [2.24, 2.45) is 0 Å². The number of rotatable bonds is 2. The number of likely N-dealkylation sites (tertiary alicyclic amines) is 1. The second kappa shape index (κ2) is 3.90. The zero-order valence-electron chi connectivity index (χ0n) is 8.21. The minimum atomic E-state index is 0.179. The minimum absolute atomic E-state index is 0.179. The normalized spacial score (nSPS) is 24.4. The zero-order chi connectivity index (χ0) is 9.14. The Kier molecular flexibility index (Phi) is 3.09. The monoisotopic (exact) mass is 170 g/mol. The molecule has 0 N–H and O–H groups in total. The van der Waals surface area contributed by atoms with E-state index < -0.39 is 0 Å². The molecule has 0 radical (unpaired) electrons. The smallest absolute Gasteiger partial charge is 0.219 e. The second-order valence-corrected chi connectivity index (χ2v) is 3.47. The van der Waals surface area contributed by atoms with Gasteiger partial charge in [-0.2, -0.15) is 0 Å². The van der Waals surface area contributed by atoms with Crippen LogP contribution < -0.4 is 0 Å². The largest absolute Gasteiger partial charge is 0.342 e. The van der Waals surface area contributed by atoms with Crippen molar-refractivity contribution in [1.82, 2.24) is 9.80 Å². The first-order chi connectivity index (χ1) is 5.65. The maximum atomic E-state index is 11.0. The summed E-state index contributed by atoms with van der Waals surface area (Å²) < 4.78 is 0. The molecule has 1 amide bonds. The van der Waals surface area contributed by atoms with Gasteiger partial charge in [-0.05, 0) is 13.0 Å². The van der Waals surface area contributed by atoms with E-state index in [-0.39, 0.29) is 5.91 Å². The summed E-state index contributed by atoms with van der Waals surface area (Å²) in [6, 6.07) is 0.447. The zero-order valence-corrected chi connectivity index (χ0v) is 8.21. The molecule has 0 spiro atoms. The Balaban J connectivity index is 2.41. The average molecular weight is 170 g/mol.